The van der Waals surface area contributed by atoms with E-state index in [1.165, 1.54) is 11.3 Å². The van der Waals surface area contributed by atoms with Crippen LogP contribution in [0.3, 0.4) is 0 Å². The quantitative estimate of drug-likeness (QED) is 0.922. The van der Waals surface area contributed by atoms with Crippen LogP contribution in [0.25, 0.3) is 10.4 Å². The maximum absolute atomic E-state index is 12.7. The number of thiazole rings is 1. The second-order valence-corrected chi connectivity index (χ2v) is 7.83. The number of hydrogen-bond acceptors (Lipinski definition) is 5. The third-order valence-electron chi connectivity index (χ3n) is 5.49. The second kappa shape index (κ2) is 6.58. The molecule has 0 unspecified atom stereocenters. The van der Waals surface area contributed by atoms with Gasteiger partial charge >= 0.3 is 0 Å². The molecule has 25 heavy (non-hydrogen) atoms. The fourth-order valence-electron chi connectivity index (χ4n) is 4.06. The van der Waals surface area contributed by atoms with Gasteiger partial charge in [0.15, 0.2) is 5.01 Å². The number of nitrogens with zero attached hydrogens (tertiary/aromatic N) is 3. The third kappa shape index (κ3) is 2.94. The highest BCUT2D eigenvalue weighted by molar-refractivity contribution is 7.17. The van der Waals surface area contributed by atoms with Gasteiger partial charge in [0, 0.05) is 23.8 Å². The number of aromatic nitrogens is 1. The molecule has 0 saturated carbocycles. The molecule has 4 heterocycles. The van der Waals surface area contributed by atoms with E-state index < -0.39 is 0 Å². The van der Waals surface area contributed by atoms with E-state index in [4.69, 9.17) is 0 Å². The van der Waals surface area contributed by atoms with Gasteiger partial charge in [0.2, 0.25) is 0 Å². The minimum Gasteiger partial charge on any atom is -0.345 e. The lowest BCUT2D eigenvalue weighted by molar-refractivity contribution is 0.0217. The summed E-state index contributed by atoms with van der Waals surface area (Å²) in [6, 6.07) is 10.2. The SMILES string of the molecule is C[C@H]1[C@H](NC(=O)c2ncc(-c3ccccc3C#N)s2)C2CCN1CC2. The minimum absolute atomic E-state index is 0.101. The van der Waals surface area contributed by atoms with Crippen molar-refractivity contribution in [3.8, 4) is 16.5 Å². The second-order valence-electron chi connectivity index (χ2n) is 6.80. The molecule has 3 aliphatic rings. The van der Waals surface area contributed by atoms with Crippen molar-refractivity contribution in [2.75, 3.05) is 13.1 Å². The highest BCUT2D eigenvalue weighted by Gasteiger charge is 2.40. The predicted octanol–water partition coefficient (Wildman–Crippen LogP) is 2.89. The normalized spacial score (nSPS) is 27.7. The van der Waals surface area contributed by atoms with Gasteiger partial charge in [-0.15, -0.1) is 11.3 Å². The molecule has 1 aromatic heterocycles. The Balaban J connectivity index is 1.52. The summed E-state index contributed by atoms with van der Waals surface area (Å²) in [4.78, 5) is 20.3. The van der Waals surface area contributed by atoms with Crippen molar-refractivity contribution < 1.29 is 4.79 Å². The number of carbonyl (C=O) groups is 1. The van der Waals surface area contributed by atoms with Crippen LogP contribution in [-0.2, 0) is 0 Å². The number of rotatable bonds is 3. The molecular formula is C19H20N4OS. The van der Waals surface area contributed by atoms with E-state index in [0.717, 1.165) is 36.4 Å². The molecule has 0 aliphatic carbocycles. The molecular weight excluding hydrogens is 332 g/mol. The van der Waals surface area contributed by atoms with E-state index in [1.807, 2.05) is 18.2 Å². The predicted molar refractivity (Wildman–Crippen MR) is 97.3 cm³/mol. The van der Waals surface area contributed by atoms with Crippen LogP contribution >= 0.6 is 11.3 Å². The summed E-state index contributed by atoms with van der Waals surface area (Å²) >= 11 is 1.35. The fraction of sp³-hybridized carbons (Fsp3) is 0.421. The van der Waals surface area contributed by atoms with Gasteiger partial charge in [0.1, 0.15) is 0 Å². The molecule has 2 atom stereocenters. The smallest absolute Gasteiger partial charge is 0.280 e. The Morgan fingerprint density at radius 2 is 2.12 bits per heavy atom. The molecule has 128 valence electrons. The molecule has 1 N–H and O–H groups in total. The highest BCUT2D eigenvalue weighted by atomic mass is 32.1. The number of amides is 1. The summed E-state index contributed by atoms with van der Waals surface area (Å²) in [5, 5.41) is 12.9. The first-order valence-electron chi connectivity index (χ1n) is 8.67. The van der Waals surface area contributed by atoms with Crippen LogP contribution in [0, 0.1) is 17.2 Å². The summed E-state index contributed by atoms with van der Waals surface area (Å²) in [6.45, 7) is 4.49. The van der Waals surface area contributed by atoms with Crippen LogP contribution in [0.5, 0.6) is 0 Å². The van der Waals surface area contributed by atoms with Crippen molar-refractivity contribution in [2.24, 2.45) is 5.92 Å². The standard InChI is InChI=1S/C19H20N4OS/c1-12-17(13-6-8-23(12)9-7-13)22-18(24)19-21-11-16(25-19)15-5-3-2-4-14(15)10-20/h2-5,11-13,17H,6-9H2,1H3,(H,22,24)/t12-,17-/m0/s1. The average Bonchev–Trinajstić information content (AvgIpc) is 3.15. The maximum atomic E-state index is 12.7. The summed E-state index contributed by atoms with van der Waals surface area (Å²) in [5.41, 5.74) is 1.43. The monoisotopic (exact) mass is 352 g/mol. The van der Waals surface area contributed by atoms with Crippen molar-refractivity contribution >= 4 is 17.2 Å². The number of benzene rings is 1. The molecule has 2 bridgehead atoms. The van der Waals surface area contributed by atoms with Gasteiger partial charge in [0.25, 0.3) is 5.91 Å². The zero-order chi connectivity index (χ0) is 17.4. The Bertz CT molecular complexity index is 830. The number of fused-ring (bicyclic) bond motifs is 3. The molecule has 2 aromatic rings. The first-order valence-corrected chi connectivity index (χ1v) is 9.49. The van der Waals surface area contributed by atoms with Crippen molar-refractivity contribution in [3.05, 3.63) is 41.0 Å². The molecule has 3 fully saturated rings. The average molecular weight is 352 g/mol. The lowest BCUT2D eigenvalue weighted by Gasteiger charge is -2.49. The fourth-order valence-corrected chi connectivity index (χ4v) is 4.92. The van der Waals surface area contributed by atoms with Gasteiger partial charge in [0.05, 0.1) is 16.5 Å². The molecule has 3 saturated heterocycles. The van der Waals surface area contributed by atoms with Crippen LogP contribution in [-0.4, -0.2) is 41.0 Å². The van der Waals surface area contributed by atoms with Crippen molar-refractivity contribution in [2.45, 2.75) is 31.8 Å². The Kier molecular flexibility index (Phi) is 4.28. The Morgan fingerprint density at radius 3 is 2.84 bits per heavy atom. The van der Waals surface area contributed by atoms with Crippen LogP contribution in [0.4, 0.5) is 0 Å². The Morgan fingerprint density at radius 1 is 1.36 bits per heavy atom. The van der Waals surface area contributed by atoms with E-state index in [1.54, 1.807) is 12.3 Å². The molecule has 1 amide bonds. The number of hydrogen-bond donors (Lipinski definition) is 1. The number of carbonyl (C=O) groups excluding carboxylic acids is 1. The van der Waals surface area contributed by atoms with E-state index in [2.05, 4.69) is 28.2 Å². The van der Waals surface area contributed by atoms with Crippen molar-refractivity contribution in [1.29, 1.82) is 5.26 Å². The van der Waals surface area contributed by atoms with E-state index in [0.29, 0.717) is 22.5 Å². The zero-order valence-corrected chi connectivity index (χ0v) is 14.9. The maximum Gasteiger partial charge on any atom is 0.280 e. The van der Waals surface area contributed by atoms with Crippen molar-refractivity contribution in [1.82, 2.24) is 15.2 Å². The number of nitrogens with one attached hydrogen (secondary N) is 1. The van der Waals surface area contributed by atoms with Crippen LogP contribution < -0.4 is 5.32 Å². The lowest BCUT2D eigenvalue weighted by Crippen LogP contribution is -2.62. The van der Waals surface area contributed by atoms with E-state index in [9.17, 15) is 10.1 Å². The molecule has 1 aromatic carbocycles. The van der Waals surface area contributed by atoms with E-state index >= 15 is 0 Å². The molecule has 6 heteroatoms. The summed E-state index contributed by atoms with van der Waals surface area (Å²) in [7, 11) is 0. The van der Waals surface area contributed by atoms with Gasteiger partial charge in [-0.25, -0.2) is 4.98 Å². The van der Waals surface area contributed by atoms with Gasteiger partial charge < -0.3 is 5.32 Å². The first kappa shape index (κ1) is 16.2. The largest absolute Gasteiger partial charge is 0.345 e. The van der Waals surface area contributed by atoms with Crippen molar-refractivity contribution in [3.63, 3.8) is 0 Å². The summed E-state index contributed by atoms with van der Waals surface area (Å²) in [5.74, 6) is 0.471. The Hall–Kier alpha value is -2.23. The van der Waals surface area contributed by atoms with Gasteiger partial charge in [-0.2, -0.15) is 5.26 Å². The van der Waals surface area contributed by atoms with Gasteiger partial charge in [-0.3, -0.25) is 9.69 Å². The summed E-state index contributed by atoms with van der Waals surface area (Å²) in [6.07, 6.45) is 4.01. The first-order chi connectivity index (χ1) is 12.2. The lowest BCUT2D eigenvalue weighted by atomic mass is 9.79. The van der Waals surface area contributed by atoms with Crippen LogP contribution in [0.15, 0.2) is 30.5 Å². The number of nitriles is 1. The number of piperidine rings is 3. The molecule has 5 nitrogen and oxygen atoms in total. The highest BCUT2D eigenvalue weighted by Crippen LogP contribution is 2.33. The third-order valence-corrected chi connectivity index (χ3v) is 6.52. The topological polar surface area (TPSA) is 69.0 Å². The van der Waals surface area contributed by atoms with Gasteiger partial charge in [-0.05, 0) is 44.8 Å². The van der Waals surface area contributed by atoms with Crippen LogP contribution in [0.2, 0.25) is 0 Å². The summed E-state index contributed by atoms with van der Waals surface area (Å²) < 4.78 is 0. The zero-order valence-electron chi connectivity index (χ0n) is 14.1. The van der Waals surface area contributed by atoms with Crippen LogP contribution in [0.1, 0.15) is 35.1 Å². The van der Waals surface area contributed by atoms with Gasteiger partial charge in [-0.1, -0.05) is 18.2 Å². The molecule has 3 aliphatic heterocycles. The molecule has 0 radical (unpaired) electrons. The Labute approximate surface area is 151 Å². The molecule has 0 spiro atoms. The van der Waals surface area contributed by atoms with E-state index in [-0.39, 0.29) is 11.9 Å². The molecule has 5 rings (SSSR count). The minimum atomic E-state index is -0.101.